The summed E-state index contributed by atoms with van der Waals surface area (Å²) in [6, 6.07) is 15.2. The number of nitrogens with one attached hydrogen (secondary N) is 1. The number of hydrogen-bond acceptors (Lipinski definition) is 5. The highest BCUT2D eigenvalue weighted by Crippen LogP contribution is 2.45. The molecule has 5 nitrogen and oxygen atoms in total. The van der Waals surface area contributed by atoms with E-state index in [1.807, 2.05) is 6.07 Å². The van der Waals surface area contributed by atoms with Gasteiger partial charge >= 0.3 is 0 Å². The number of hydrogen-bond donors (Lipinski definition) is 2. The lowest BCUT2D eigenvalue weighted by molar-refractivity contribution is -0.0859. The largest absolute Gasteiger partial charge is 0.390 e. The van der Waals surface area contributed by atoms with E-state index in [-0.39, 0.29) is 25.0 Å². The molecule has 7 heteroatoms. The van der Waals surface area contributed by atoms with Crippen LogP contribution in [0.5, 0.6) is 0 Å². The zero-order valence-electron chi connectivity index (χ0n) is 14.5. The fourth-order valence-electron chi connectivity index (χ4n) is 3.60. The highest BCUT2D eigenvalue weighted by atomic mass is 32.2. The summed E-state index contributed by atoms with van der Waals surface area (Å²) < 4.78 is 20.2. The molecule has 3 atom stereocenters. The Labute approximate surface area is 160 Å². The minimum atomic E-state index is -1.06. The molecule has 27 heavy (non-hydrogen) atoms. The third-order valence-corrected chi connectivity index (χ3v) is 5.98. The van der Waals surface area contributed by atoms with Gasteiger partial charge in [-0.1, -0.05) is 48.2 Å². The van der Waals surface area contributed by atoms with E-state index in [4.69, 9.17) is 9.73 Å². The van der Waals surface area contributed by atoms with Crippen LogP contribution in [0.25, 0.3) is 0 Å². The van der Waals surface area contributed by atoms with Gasteiger partial charge in [-0.3, -0.25) is 4.79 Å². The van der Waals surface area contributed by atoms with Crippen molar-refractivity contribution in [3.63, 3.8) is 0 Å². The van der Waals surface area contributed by atoms with Gasteiger partial charge in [0.05, 0.1) is 19.3 Å². The smallest absolute Gasteiger partial charge is 0.257 e. The first-order valence-corrected chi connectivity index (χ1v) is 9.68. The molecule has 0 unspecified atom stereocenters. The van der Waals surface area contributed by atoms with Gasteiger partial charge in [0.15, 0.2) is 5.17 Å². The van der Waals surface area contributed by atoms with E-state index in [0.29, 0.717) is 22.0 Å². The van der Waals surface area contributed by atoms with Crippen LogP contribution in [0, 0.1) is 11.7 Å². The predicted molar refractivity (Wildman–Crippen MR) is 102 cm³/mol. The van der Waals surface area contributed by atoms with Crippen LogP contribution in [0.3, 0.4) is 0 Å². The molecule has 2 aliphatic rings. The summed E-state index contributed by atoms with van der Waals surface area (Å²) in [5.74, 6) is -0.469. The maximum Gasteiger partial charge on any atom is 0.257 e. The van der Waals surface area contributed by atoms with Crippen molar-refractivity contribution in [3.8, 4) is 0 Å². The second kappa shape index (κ2) is 7.42. The fraction of sp³-hybridized carbons (Fsp3) is 0.300. The molecule has 2 aromatic carbocycles. The summed E-state index contributed by atoms with van der Waals surface area (Å²) >= 11 is 1.35. The summed E-state index contributed by atoms with van der Waals surface area (Å²) in [6.45, 7) is 0.351. The number of benzene rings is 2. The number of carbonyl (C=O) groups excluding carboxylic acids is 1. The van der Waals surface area contributed by atoms with Crippen molar-refractivity contribution >= 4 is 22.8 Å². The van der Waals surface area contributed by atoms with Gasteiger partial charge in [-0.05, 0) is 18.2 Å². The molecule has 0 aliphatic carbocycles. The number of carbonyl (C=O) groups is 1. The van der Waals surface area contributed by atoms with E-state index < -0.39 is 17.5 Å². The van der Waals surface area contributed by atoms with Crippen LogP contribution in [0.2, 0.25) is 0 Å². The van der Waals surface area contributed by atoms with Crippen molar-refractivity contribution < 1.29 is 19.0 Å². The van der Waals surface area contributed by atoms with Crippen molar-refractivity contribution in [2.24, 2.45) is 10.9 Å². The Bertz CT molecular complexity index is 877. The SMILES string of the molecule is O=C(NC1=N[C@]2(c3ccccc3F)COC[C@H](O)[C@H]2CS1)c1ccccc1. The third kappa shape index (κ3) is 3.38. The number of nitrogens with zero attached hydrogens (tertiary/aromatic N) is 1. The molecule has 2 N–H and O–H groups in total. The Morgan fingerprint density at radius 1 is 1.22 bits per heavy atom. The first kappa shape index (κ1) is 18.2. The quantitative estimate of drug-likeness (QED) is 0.832. The first-order valence-electron chi connectivity index (χ1n) is 8.70. The van der Waals surface area contributed by atoms with Crippen molar-refractivity contribution in [1.82, 2.24) is 5.32 Å². The van der Waals surface area contributed by atoms with Gasteiger partial charge in [0.2, 0.25) is 0 Å². The molecular formula is C20H19FN2O3S. The zero-order valence-corrected chi connectivity index (χ0v) is 15.3. The van der Waals surface area contributed by atoms with Gasteiger partial charge in [-0.15, -0.1) is 0 Å². The van der Waals surface area contributed by atoms with Gasteiger partial charge in [-0.25, -0.2) is 9.38 Å². The number of rotatable bonds is 2. The molecule has 140 valence electrons. The molecule has 0 bridgehead atoms. The molecule has 0 saturated carbocycles. The highest BCUT2D eigenvalue weighted by molar-refractivity contribution is 8.13. The van der Waals surface area contributed by atoms with Crippen molar-refractivity contribution in [2.75, 3.05) is 19.0 Å². The van der Waals surface area contributed by atoms with E-state index in [1.54, 1.807) is 42.5 Å². The number of aliphatic hydroxyl groups excluding tert-OH is 1. The number of aliphatic imine (C=N–C) groups is 1. The number of ether oxygens (including phenoxy) is 1. The van der Waals surface area contributed by atoms with Crippen LogP contribution in [0.1, 0.15) is 15.9 Å². The molecule has 1 saturated heterocycles. The fourth-order valence-corrected chi connectivity index (χ4v) is 4.82. The number of amides is 1. The van der Waals surface area contributed by atoms with Gasteiger partial charge in [-0.2, -0.15) is 0 Å². The lowest BCUT2D eigenvalue weighted by atomic mass is 9.75. The molecule has 4 rings (SSSR count). The van der Waals surface area contributed by atoms with E-state index >= 15 is 0 Å². The molecule has 0 aromatic heterocycles. The number of fused-ring (bicyclic) bond motifs is 1. The highest BCUT2D eigenvalue weighted by Gasteiger charge is 2.51. The molecular weight excluding hydrogens is 367 g/mol. The topological polar surface area (TPSA) is 70.9 Å². The van der Waals surface area contributed by atoms with E-state index in [9.17, 15) is 14.3 Å². The summed E-state index contributed by atoms with van der Waals surface area (Å²) in [6.07, 6.45) is -0.749. The lowest BCUT2D eigenvalue weighted by Crippen LogP contribution is -2.55. The molecule has 1 fully saturated rings. The van der Waals surface area contributed by atoms with Gasteiger partial charge in [0, 0.05) is 22.8 Å². The van der Waals surface area contributed by atoms with Crippen molar-refractivity contribution in [2.45, 2.75) is 11.6 Å². The summed E-state index contributed by atoms with van der Waals surface area (Å²) in [7, 11) is 0. The minimum absolute atomic E-state index is 0.154. The van der Waals surface area contributed by atoms with Crippen LogP contribution >= 0.6 is 11.8 Å². The van der Waals surface area contributed by atoms with Crippen LogP contribution in [0.4, 0.5) is 4.39 Å². The maximum absolute atomic E-state index is 14.6. The zero-order chi connectivity index (χ0) is 18.9. The molecule has 1 amide bonds. The van der Waals surface area contributed by atoms with E-state index in [1.165, 1.54) is 17.8 Å². The van der Waals surface area contributed by atoms with Crippen LogP contribution < -0.4 is 5.32 Å². The predicted octanol–water partition coefficient (Wildman–Crippen LogP) is 2.56. The average Bonchev–Trinajstić information content (AvgIpc) is 2.69. The molecule has 0 spiro atoms. The molecule has 2 aliphatic heterocycles. The van der Waals surface area contributed by atoms with Crippen molar-refractivity contribution in [1.29, 1.82) is 0 Å². The second-order valence-corrected chi connectivity index (χ2v) is 7.65. The van der Waals surface area contributed by atoms with Crippen LogP contribution in [-0.2, 0) is 10.3 Å². The second-order valence-electron chi connectivity index (χ2n) is 6.64. The molecule has 2 aromatic rings. The standard InChI is InChI=1S/C20H19FN2O3S/c21-16-9-5-4-8-14(16)20-12-26-10-17(24)15(20)11-27-19(23-20)22-18(25)13-6-2-1-3-7-13/h1-9,15,17,24H,10-12H2,(H,22,23,25)/t15-,17+,20+/m1/s1. The van der Waals surface area contributed by atoms with Crippen LogP contribution in [-0.4, -0.2) is 41.3 Å². The molecule has 2 heterocycles. The Morgan fingerprint density at radius 2 is 1.96 bits per heavy atom. The Morgan fingerprint density at radius 3 is 2.74 bits per heavy atom. The van der Waals surface area contributed by atoms with Crippen molar-refractivity contribution in [3.05, 3.63) is 71.5 Å². The first-order chi connectivity index (χ1) is 13.1. The lowest BCUT2D eigenvalue weighted by Gasteiger charge is -2.46. The number of halogens is 1. The summed E-state index contributed by atoms with van der Waals surface area (Å²) in [4.78, 5) is 17.2. The Balaban J connectivity index is 1.71. The summed E-state index contributed by atoms with van der Waals surface area (Å²) in [5.41, 5.74) is -0.170. The number of aliphatic hydroxyl groups is 1. The molecule has 0 radical (unpaired) electrons. The van der Waals surface area contributed by atoms with Gasteiger partial charge in [0.25, 0.3) is 5.91 Å². The normalized spacial score (nSPS) is 27.4. The van der Waals surface area contributed by atoms with Crippen LogP contribution in [0.15, 0.2) is 59.6 Å². The Hall–Kier alpha value is -2.22. The van der Waals surface area contributed by atoms with E-state index in [0.717, 1.165) is 0 Å². The van der Waals surface area contributed by atoms with Gasteiger partial charge in [0.1, 0.15) is 11.4 Å². The maximum atomic E-state index is 14.6. The number of thioether (sulfide) groups is 1. The Kier molecular flexibility index (Phi) is 4.99. The minimum Gasteiger partial charge on any atom is -0.390 e. The van der Waals surface area contributed by atoms with E-state index in [2.05, 4.69) is 5.32 Å². The summed E-state index contributed by atoms with van der Waals surface area (Å²) in [5, 5.41) is 13.7. The monoisotopic (exact) mass is 386 g/mol. The van der Waals surface area contributed by atoms with Gasteiger partial charge < -0.3 is 15.2 Å². The third-order valence-electron chi connectivity index (χ3n) is 4.99. The number of amidine groups is 1. The average molecular weight is 386 g/mol.